The fraction of sp³-hybridized carbons (Fsp3) is 0.231. The summed E-state index contributed by atoms with van der Waals surface area (Å²) in [7, 11) is -3.61. The van der Waals surface area contributed by atoms with Crippen molar-refractivity contribution in [2.75, 3.05) is 18.4 Å². The quantitative estimate of drug-likeness (QED) is 0.402. The van der Waals surface area contributed by atoms with Crippen LogP contribution in [0.25, 0.3) is 0 Å². The number of ketones is 1. The number of carbonyl (C=O) groups excluding carboxylic acids is 2. The van der Waals surface area contributed by atoms with E-state index in [0.717, 1.165) is 12.8 Å². The Kier molecular flexibility index (Phi) is 7.62. The van der Waals surface area contributed by atoms with Crippen LogP contribution in [0.2, 0.25) is 10.0 Å². The molecule has 0 radical (unpaired) electrons. The number of hydrogen-bond donors (Lipinski definition) is 1. The van der Waals surface area contributed by atoms with E-state index in [0.29, 0.717) is 24.0 Å². The van der Waals surface area contributed by atoms with Crippen LogP contribution in [-0.4, -0.2) is 37.5 Å². The Bertz CT molecular complexity index is 1370. The SMILES string of the molecule is CC1CCN(S(=O)(=O)c2ccc(C(=O)Nc3ccc(Cl)cc3C(=O)c3ccccc3Cl)cc2)CC1. The maximum atomic E-state index is 13.1. The Balaban J connectivity index is 1.55. The van der Waals surface area contributed by atoms with Crippen LogP contribution in [-0.2, 0) is 10.0 Å². The van der Waals surface area contributed by atoms with E-state index in [4.69, 9.17) is 23.2 Å². The molecule has 0 unspecified atom stereocenters. The molecule has 182 valence electrons. The van der Waals surface area contributed by atoms with Crippen molar-refractivity contribution < 1.29 is 18.0 Å². The van der Waals surface area contributed by atoms with E-state index in [1.54, 1.807) is 36.4 Å². The first kappa shape index (κ1) is 25.4. The topological polar surface area (TPSA) is 83.6 Å². The Morgan fingerprint density at radius 2 is 1.57 bits per heavy atom. The van der Waals surface area contributed by atoms with Crippen LogP contribution in [0.4, 0.5) is 5.69 Å². The fourth-order valence-corrected chi connectivity index (χ4v) is 5.81. The van der Waals surface area contributed by atoms with Crippen molar-refractivity contribution in [3.05, 3.63) is 93.5 Å². The lowest BCUT2D eigenvalue weighted by Gasteiger charge is -2.29. The summed E-state index contributed by atoms with van der Waals surface area (Å²) in [6.07, 6.45) is 1.66. The fourth-order valence-electron chi connectivity index (χ4n) is 3.95. The normalized spacial score (nSPS) is 15.1. The van der Waals surface area contributed by atoms with Gasteiger partial charge in [-0.05, 0) is 73.4 Å². The van der Waals surface area contributed by atoms with E-state index in [2.05, 4.69) is 12.2 Å². The van der Waals surface area contributed by atoms with Crippen molar-refractivity contribution in [2.45, 2.75) is 24.7 Å². The van der Waals surface area contributed by atoms with Gasteiger partial charge in [0.15, 0.2) is 5.78 Å². The molecule has 1 heterocycles. The number of anilines is 1. The molecular weight excluding hydrogens is 507 g/mol. The number of piperidine rings is 1. The molecule has 3 aromatic rings. The highest BCUT2D eigenvalue weighted by Crippen LogP contribution is 2.28. The number of rotatable bonds is 6. The lowest BCUT2D eigenvalue weighted by Crippen LogP contribution is -2.37. The van der Waals surface area contributed by atoms with Crippen molar-refractivity contribution in [1.82, 2.24) is 4.31 Å². The number of amides is 1. The minimum atomic E-state index is -3.61. The molecule has 0 aromatic heterocycles. The van der Waals surface area contributed by atoms with Crippen LogP contribution in [0.1, 0.15) is 46.0 Å². The Hall–Kier alpha value is -2.71. The zero-order chi connectivity index (χ0) is 25.2. The van der Waals surface area contributed by atoms with Crippen molar-refractivity contribution in [1.29, 1.82) is 0 Å². The van der Waals surface area contributed by atoms with Crippen LogP contribution < -0.4 is 5.32 Å². The van der Waals surface area contributed by atoms with E-state index in [1.807, 2.05) is 0 Å². The van der Waals surface area contributed by atoms with Gasteiger partial charge in [0.25, 0.3) is 5.91 Å². The zero-order valence-electron chi connectivity index (χ0n) is 19.0. The lowest BCUT2D eigenvalue weighted by atomic mass is 10.0. The van der Waals surface area contributed by atoms with Crippen LogP contribution in [0.3, 0.4) is 0 Å². The Labute approximate surface area is 214 Å². The first-order valence-electron chi connectivity index (χ1n) is 11.2. The van der Waals surface area contributed by atoms with Crippen molar-refractivity contribution in [2.24, 2.45) is 5.92 Å². The van der Waals surface area contributed by atoms with E-state index in [-0.39, 0.29) is 38.1 Å². The van der Waals surface area contributed by atoms with Gasteiger partial charge in [-0.25, -0.2) is 8.42 Å². The third kappa shape index (κ3) is 5.59. The molecular formula is C26H24Cl2N2O4S. The van der Waals surface area contributed by atoms with Gasteiger partial charge in [0.05, 0.1) is 15.6 Å². The molecule has 4 rings (SSSR count). The highest BCUT2D eigenvalue weighted by atomic mass is 35.5. The first-order valence-corrected chi connectivity index (χ1v) is 13.4. The molecule has 6 nitrogen and oxygen atoms in total. The summed E-state index contributed by atoms with van der Waals surface area (Å²) in [5.41, 5.74) is 0.997. The van der Waals surface area contributed by atoms with Gasteiger partial charge >= 0.3 is 0 Å². The first-order chi connectivity index (χ1) is 16.7. The van der Waals surface area contributed by atoms with Gasteiger partial charge in [-0.3, -0.25) is 9.59 Å². The van der Waals surface area contributed by atoms with Gasteiger partial charge in [-0.15, -0.1) is 0 Å². The molecule has 1 aliphatic heterocycles. The monoisotopic (exact) mass is 530 g/mol. The third-order valence-electron chi connectivity index (χ3n) is 6.09. The largest absolute Gasteiger partial charge is 0.321 e. The predicted octanol–water partition coefficient (Wildman–Crippen LogP) is 5.90. The average Bonchev–Trinajstić information content (AvgIpc) is 2.85. The number of carbonyl (C=O) groups is 2. The van der Waals surface area contributed by atoms with Gasteiger partial charge in [-0.2, -0.15) is 4.31 Å². The van der Waals surface area contributed by atoms with E-state index in [9.17, 15) is 18.0 Å². The standard InChI is InChI=1S/C26H24Cl2N2O4S/c1-17-12-14-30(15-13-17)35(33,34)20-9-6-18(7-10-20)26(32)29-24-11-8-19(27)16-22(24)25(31)21-4-2-3-5-23(21)28/h2-11,16-17H,12-15H2,1H3,(H,29,32). The third-order valence-corrected chi connectivity index (χ3v) is 8.57. The Morgan fingerprint density at radius 3 is 2.23 bits per heavy atom. The summed E-state index contributed by atoms with van der Waals surface area (Å²) in [5.74, 6) is -0.364. The summed E-state index contributed by atoms with van der Waals surface area (Å²) in [6.45, 7) is 3.10. The second-order valence-electron chi connectivity index (χ2n) is 8.56. The second kappa shape index (κ2) is 10.5. The van der Waals surface area contributed by atoms with E-state index in [1.165, 1.54) is 34.6 Å². The van der Waals surface area contributed by atoms with Crippen LogP contribution in [0, 0.1) is 5.92 Å². The molecule has 0 atom stereocenters. The number of hydrogen-bond acceptors (Lipinski definition) is 4. The predicted molar refractivity (Wildman–Crippen MR) is 138 cm³/mol. The minimum Gasteiger partial charge on any atom is -0.321 e. The van der Waals surface area contributed by atoms with Gasteiger partial charge < -0.3 is 5.32 Å². The van der Waals surface area contributed by atoms with Crippen molar-refractivity contribution >= 4 is 50.6 Å². The van der Waals surface area contributed by atoms with E-state index < -0.39 is 15.9 Å². The number of benzene rings is 3. The number of sulfonamides is 1. The summed E-state index contributed by atoms with van der Waals surface area (Å²) in [6, 6.07) is 17.0. The number of nitrogens with zero attached hydrogens (tertiary/aromatic N) is 1. The maximum Gasteiger partial charge on any atom is 0.255 e. The van der Waals surface area contributed by atoms with Gasteiger partial charge in [-0.1, -0.05) is 42.3 Å². The molecule has 1 saturated heterocycles. The molecule has 1 fully saturated rings. The van der Waals surface area contributed by atoms with Crippen LogP contribution in [0.15, 0.2) is 71.6 Å². The number of halogens is 2. The average molecular weight is 531 g/mol. The summed E-state index contributed by atoms with van der Waals surface area (Å²) < 4.78 is 27.4. The van der Waals surface area contributed by atoms with Gasteiger partial charge in [0.2, 0.25) is 10.0 Å². The van der Waals surface area contributed by atoms with Crippen molar-refractivity contribution in [3.63, 3.8) is 0 Å². The van der Waals surface area contributed by atoms with E-state index >= 15 is 0 Å². The Morgan fingerprint density at radius 1 is 0.914 bits per heavy atom. The molecule has 9 heteroatoms. The summed E-state index contributed by atoms with van der Waals surface area (Å²) in [4.78, 5) is 26.2. The molecule has 3 aromatic carbocycles. The lowest BCUT2D eigenvalue weighted by molar-refractivity contribution is 0.102. The number of nitrogens with one attached hydrogen (secondary N) is 1. The second-order valence-corrected chi connectivity index (χ2v) is 11.3. The molecule has 1 amide bonds. The highest BCUT2D eigenvalue weighted by molar-refractivity contribution is 7.89. The molecule has 0 aliphatic carbocycles. The minimum absolute atomic E-state index is 0.143. The maximum absolute atomic E-state index is 13.1. The molecule has 35 heavy (non-hydrogen) atoms. The molecule has 0 saturated carbocycles. The highest BCUT2D eigenvalue weighted by Gasteiger charge is 2.28. The zero-order valence-corrected chi connectivity index (χ0v) is 21.3. The summed E-state index contributed by atoms with van der Waals surface area (Å²) in [5, 5.41) is 3.35. The summed E-state index contributed by atoms with van der Waals surface area (Å²) >= 11 is 12.3. The molecule has 1 aliphatic rings. The van der Waals surface area contributed by atoms with Crippen molar-refractivity contribution in [3.8, 4) is 0 Å². The molecule has 0 bridgehead atoms. The smallest absolute Gasteiger partial charge is 0.255 e. The van der Waals surface area contributed by atoms with Crippen LogP contribution >= 0.6 is 23.2 Å². The molecule has 1 N–H and O–H groups in total. The molecule has 0 spiro atoms. The van der Waals surface area contributed by atoms with Crippen LogP contribution in [0.5, 0.6) is 0 Å². The van der Waals surface area contributed by atoms with Gasteiger partial charge in [0, 0.05) is 34.8 Å². The van der Waals surface area contributed by atoms with Gasteiger partial charge in [0.1, 0.15) is 0 Å².